The van der Waals surface area contributed by atoms with E-state index in [1.807, 2.05) is 30.5 Å². The molecule has 0 aliphatic heterocycles. The van der Waals surface area contributed by atoms with E-state index < -0.39 is 0 Å². The summed E-state index contributed by atoms with van der Waals surface area (Å²) in [5, 5.41) is 5.78. The van der Waals surface area contributed by atoms with Gasteiger partial charge in [-0.05, 0) is 26.0 Å². The minimum Gasteiger partial charge on any atom is -0.493 e. The van der Waals surface area contributed by atoms with Crippen LogP contribution in [-0.4, -0.2) is 44.7 Å². The maximum absolute atomic E-state index is 11.8. The standard InChI is InChI=1S/C18H25N3O3S/c1-5-19-16(22)11-21(6-2)10-13-12-25-18(20-13)14-8-7-9-15(23-3)17(14)24-4/h7-9,12H,5-6,10-11H2,1-4H3,(H,19,22)/p+1. The molecule has 1 heterocycles. The number of amides is 1. The third-order valence-corrected chi connectivity index (χ3v) is 4.83. The first kappa shape index (κ1) is 19.2. The molecular weight excluding hydrogens is 338 g/mol. The van der Waals surface area contributed by atoms with E-state index in [0.29, 0.717) is 24.6 Å². The average Bonchev–Trinajstić information content (AvgIpc) is 3.08. The van der Waals surface area contributed by atoms with Crippen LogP contribution in [0.3, 0.4) is 0 Å². The van der Waals surface area contributed by atoms with Gasteiger partial charge in [-0.15, -0.1) is 11.3 Å². The molecule has 2 aromatic rings. The molecule has 2 rings (SSSR count). The third kappa shape index (κ3) is 4.93. The summed E-state index contributed by atoms with van der Waals surface area (Å²) in [6, 6.07) is 5.77. The normalized spacial score (nSPS) is 11.8. The predicted octanol–water partition coefficient (Wildman–Crippen LogP) is 1.37. The van der Waals surface area contributed by atoms with Crippen LogP contribution in [0.5, 0.6) is 11.5 Å². The number of thiazole rings is 1. The van der Waals surface area contributed by atoms with Crippen LogP contribution in [0.1, 0.15) is 19.5 Å². The number of methoxy groups -OCH3 is 2. The van der Waals surface area contributed by atoms with E-state index in [-0.39, 0.29) is 5.91 Å². The molecule has 6 nitrogen and oxygen atoms in total. The topological polar surface area (TPSA) is 64.9 Å². The molecule has 1 aromatic heterocycles. The Kier molecular flexibility index (Phi) is 7.21. The largest absolute Gasteiger partial charge is 0.493 e. The quantitative estimate of drug-likeness (QED) is 0.705. The number of nitrogens with zero attached hydrogens (tertiary/aromatic N) is 1. The van der Waals surface area contributed by atoms with Gasteiger partial charge < -0.3 is 19.7 Å². The fraction of sp³-hybridized carbons (Fsp3) is 0.444. The Morgan fingerprint density at radius 2 is 2.08 bits per heavy atom. The lowest BCUT2D eigenvalue weighted by atomic mass is 10.2. The molecule has 0 radical (unpaired) electrons. The van der Waals surface area contributed by atoms with Gasteiger partial charge in [0.05, 0.1) is 26.3 Å². The van der Waals surface area contributed by atoms with Crippen LogP contribution < -0.4 is 19.7 Å². The van der Waals surface area contributed by atoms with Crippen molar-refractivity contribution >= 4 is 17.2 Å². The zero-order valence-corrected chi connectivity index (χ0v) is 16.0. The minimum absolute atomic E-state index is 0.0734. The average molecular weight is 364 g/mol. The number of carbonyl (C=O) groups excluding carboxylic acids is 1. The monoisotopic (exact) mass is 364 g/mol. The van der Waals surface area contributed by atoms with Crippen molar-refractivity contribution < 1.29 is 19.2 Å². The van der Waals surface area contributed by atoms with E-state index in [1.54, 1.807) is 25.6 Å². The lowest BCUT2D eigenvalue weighted by Crippen LogP contribution is -3.11. The number of likely N-dealkylation sites (N-methyl/N-ethyl adjacent to an activating group) is 2. The highest BCUT2D eigenvalue weighted by Crippen LogP contribution is 2.38. The minimum atomic E-state index is 0.0734. The zero-order chi connectivity index (χ0) is 18.2. The first-order chi connectivity index (χ1) is 12.1. The molecule has 1 atom stereocenters. The van der Waals surface area contributed by atoms with Gasteiger partial charge in [-0.1, -0.05) is 6.07 Å². The molecule has 1 aromatic carbocycles. The molecule has 0 saturated carbocycles. The molecule has 7 heteroatoms. The van der Waals surface area contributed by atoms with Crippen molar-refractivity contribution in [2.75, 3.05) is 33.9 Å². The van der Waals surface area contributed by atoms with Crippen molar-refractivity contribution in [3.63, 3.8) is 0 Å². The van der Waals surface area contributed by atoms with E-state index in [9.17, 15) is 4.79 Å². The number of carbonyl (C=O) groups is 1. The molecule has 0 bridgehead atoms. The number of aromatic nitrogens is 1. The van der Waals surface area contributed by atoms with Crippen molar-refractivity contribution in [3.8, 4) is 22.1 Å². The predicted molar refractivity (Wildman–Crippen MR) is 99.4 cm³/mol. The van der Waals surface area contributed by atoms with Gasteiger partial charge in [-0.2, -0.15) is 0 Å². The third-order valence-electron chi connectivity index (χ3n) is 3.90. The number of hydrogen-bond acceptors (Lipinski definition) is 5. The van der Waals surface area contributed by atoms with Gasteiger partial charge in [-0.25, -0.2) is 4.98 Å². The summed E-state index contributed by atoms with van der Waals surface area (Å²) in [6.07, 6.45) is 0. The van der Waals surface area contributed by atoms with Crippen molar-refractivity contribution in [3.05, 3.63) is 29.3 Å². The van der Waals surface area contributed by atoms with Gasteiger partial charge in [0.15, 0.2) is 18.0 Å². The van der Waals surface area contributed by atoms with Crippen molar-refractivity contribution in [2.24, 2.45) is 0 Å². The van der Waals surface area contributed by atoms with Gasteiger partial charge >= 0.3 is 0 Å². The highest BCUT2D eigenvalue weighted by Gasteiger charge is 2.17. The smallest absolute Gasteiger partial charge is 0.275 e. The van der Waals surface area contributed by atoms with Crippen molar-refractivity contribution in [2.45, 2.75) is 20.4 Å². The van der Waals surface area contributed by atoms with Crippen LogP contribution in [0, 0.1) is 0 Å². The molecule has 0 saturated heterocycles. The molecule has 0 aliphatic carbocycles. The van der Waals surface area contributed by atoms with Crippen LogP contribution in [-0.2, 0) is 11.3 Å². The maximum atomic E-state index is 11.8. The number of para-hydroxylation sites is 1. The molecule has 1 unspecified atom stereocenters. The Labute approximate surface area is 152 Å². The van der Waals surface area contributed by atoms with Crippen LogP contribution in [0.4, 0.5) is 0 Å². The molecule has 0 fully saturated rings. The number of quaternary nitrogens is 1. The van der Waals surface area contributed by atoms with Gasteiger partial charge in [0, 0.05) is 11.9 Å². The second kappa shape index (κ2) is 9.39. The summed E-state index contributed by atoms with van der Waals surface area (Å²) in [4.78, 5) is 17.7. The maximum Gasteiger partial charge on any atom is 0.275 e. The Hall–Kier alpha value is -2.12. The van der Waals surface area contributed by atoms with Crippen LogP contribution in [0.2, 0.25) is 0 Å². The van der Waals surface area contributed by atoms with Crippen LogP contribution in [0.15, 0.2) is 23.6 Å². The Morgan fingerprint density at radius 1 is 1.28 bits per heavy atom. The van der Waals surface area contributed by atoms with Crippen LogP contribution >= 0.6 is 11.3 Å². The van der Waals surface area contributed by atoms with Gasteiger partial charge in [0.25, 0.3) is 5.91 Å². The zero-order valence-electron chi connectivity index (χ0n) is 15.2. The summed E-state index contributed by atoms with van der Waals surface area (Å²) in [5.41, 5.74) is 1.89. The molecule has 0 spiro atoms. The van der Waals surface area contributed by atoms with Gasteiger partial charge in [0.2, 0.25) is 0 Å². The molecule has 0 aliphatic rings. The summed E-state index contributed by atoms with van der Waals surface area (Å²) in [5.74, 6) is 1.45. The number of hydrogen-bond donors (Lipinski definition) is 2. The van der Waals surface area contributed by atoms with Gasteiger partial charge in [0.1, 0.15) is 17.2 Å². The van der Waals surface area contributed by atoms with Crippen LogP contribution in [0.25, 0.3) is 10.6 Å². The fourth-order valence-corrected chi connectivity index (χ4v) is 3.46. The summed E-state index contributed by atoms with van der Waals surface area (Å²) < 4.78 is 10.9. The number of nitrogens with one attached hydrogen (secondary N) is 2. The molecular formula is C18H26N3O3S+. The lowest BCUT2D eigenvalue weighted by molar-refractivity contribution is -0.904. The number of rotatable bonds is 9. The van der Waals surface area contributed by atoms with E-state index in [1.165, 1.54) is 4.90 Å². The fourth-order valence-electron chi connectivity index (χ4n) is 2.62. The van der Waals surface area contributed by atoms with Crippen molar-refractivity contribution in [1.82, 2.24) is 10.3 Å². The second-order valence-corrected chi connectivity index (χ2v) is 6.45. The summed E-state index contributed by atoms with van der Waals surface area (Å²) >= 11 is 1.57. The SMILES string of the molecule is CCNC(=O)C[NH+](CC)Cc1csc(-c2cccc(OC)c2OC)n1. The summed E-state index contributed by atoms with van der Waals surface area (Å²) in [6.45, 7) is 6.71. The molecule has 25 heavy (non-hydrogen) atoms. The molecule has 1 amide bonds. The Morgan fingerprint density at radius 3 is 2.72 bits per heavy atom. The number of benzene rings is 1. The highest BCUT2D eigenvalue weighted by atomic mass is 32.1. The van der Waals surface area contributed by atoms with Crippen molar-refractivity contribution in [1.29, 1.82) is 0 Å². The van der Waals surface area contributed by atoms with E-state index in [4.69, 9.17) is 14.5 Å². The molecule has 136 valence electrons. The first-order valence-electron chi connectivity index (χ1n) is 8.38. The number of ether oxygens (including phenoxy) is 2. The second-order valence-electron chi connectivity index (χ2n) is 5.60. The van der Waals surface area contributed by atoms with E-state index in [2.05, 4.69) is 12.2 Å². The highest BCUT2D eigenvalue weighted by molar-refractivity contribution is 7.13. The first-order valence-corrected chi connectivity index (χ1v) is 9.26. The van der Waals surface area contributed by atoms with E-state index >= 15 is 0 Å². The Balaban J connectivity index is 2.16. The van der Waals surface area contributed by atoms with E-state index in [0.717, 1.165) is 29.4 Å². The summed E-state index contributed by atoms with van der Waals surface area (Å²) in [7, 11) is 3.25. The Bertz CT molecular complexity index is 703. The lowest BCUT2D eigenvalue weighted by Gasteiger charge is -2.15. The van der Waals surface area contributed by atoms with Gasteiger partial charge in [-0.3, -0.25) is 4.79 Å². The molecule has 2 N–H and O–H groups in total.